The highest BCUT2D eigenvalue weighted by molar-refractivity contribution is 4.99. The molecule has 9 heavy (non-hydrogen) atoms. The molecule has 0 radical (unpaired) electrons. The number of hydrogen-bond acceptors (Lipinski definition) is 2. The second kappa shape index (κ2) is 2.50. The van der Waals surface area contributed by atoms with Crippen molar-refractivity contribution in [2.75, 3.05) is 6.54 Å². The normalized spacial score (nSPS) is 34.9. The van der Waals surface area contributed by atoms with Crippen LogP contribution in [0.5, 0.6) is 0 Å². The van der Waals surface area contributed by atoms with Crippen molar-refractivity contribution in [1.29, 1.82) is 0 Å². The Morgan fingerprint density at radius 3 is 2.67 bits per heavy atom. The smallest absolute Gasteiger partial charge is 0.130 e. The quantitative estimate of drug-likeness (QED) is 0.528. The van der Waals surface area contributed by atoms with E-state index < -0.39 is 0 Å². The van der Waals surface area contributed by atoms with Gasteiger partial charge in [0.05, 0.1) is 6.10 Å². The van der Waals surface area contributed by atoms with E-state index in [4.69, 9.17) is 4.74 Å². The van der Waals surface area contributed by atoms with E-state index >= 15 is 0 Å². The zero-order valence-corrected chi connectivity index (χ0v) is 5.98. The molecule has 0 aromatic heterocycles. The molecule has 1 heterocycles. The van der Waals surface area contributed by atoms with Crippen LogP contribution in [0.25, 0.3) is 0 Å². The molecule has 0 aromatic rings. The first-order chi connectivity index (χ1) is 4.20. The van der Waals surface area contributed by atoms with Gasteiger partial charge in [0.25, 0.3) is 0 Å². The topological polar surface area (TPSA) is 21.3 Å². The molecule has 1 rings (SSSR count). The second-order valence-electron chi connectivity index (χ2n) is 2.58. The number of nitrogens with one attached hydrogen (secondary N) is 1. The molecule has 0 aliphatic carbocycles. The van der Waals surface area contributed by atoms with Gasteiger partial charge in [-0.05, 0) is 19.4 Å². The maximum atomic E-state index is 5.41. The summed E-state index contributed by atoms with van der Waals surface area (Å²) in [5, 5.41) is 3.18. The Morgan fingerprint density at radius 1 is 1.78 bits per heavy atom. The van der Waals surface area contributed by atoms with E-state index in [1.807, 2.05) is 6.92 Å². The molecular formula is C7H13NO. The lowest BCUT2D eigenvalue weighted by Crippen LogP contribution is -2.22. The molecule has 2 heteroatoms. The van der Waals surface area contributed by atoms with E-state index in [-0.39, 0.29) is 6.23 Å². The summed E-state index contributed by atoms with van der Waals surface area (Å²) in [4.78, 5) is 0. The van der Waals surface area contributed by atoms with Crippen LogP contribution in [-0.4, -0.2) is 18.9 Å². The fourth-order valence-electron chi connectivity index (χ4n) is 0.892. The fourth-order valence-corrected chi connectivity index (χ4v) is 0.892. The molecule has 2 atom stereocenters. The third-order valence-corrected chi connectivity index (χ3v) is 1.41. The van der Waals surface area contributed by atoms with Gasteiger partial charge in [-0.1, -0.05) is 6.58 Å². The molecule has 1 saturated heterocycles. The van der Waals surface area contributed by atoms with Gasteiger partial charge in [0, 0.05) is 6.54 Å². The van der Waals surface area contributed by atoms with Gasteiger partial charge in [-0.15, -0.1) is 0 Å². The van der Waals surface area contributed by atoms with Gasteiger partial charge >= 0.3 is 0 Å². The van der Waals surface area contributed by atoms with Gasteiger partial charge in [-0.25, -0.2) is 0 Å². The predicted molar refractivity (Wildman–Crippen MR) is 37.2 cm³/mol. The van der Waals surface area contributed by atoms with Gasteiger partial charge < -0.3 is 4.74 Å². The molecule has 0 amide bonds. The molecule has 0 bridgehead atoms. The zero-order valence-electron chi connectivity index (χ0n) is 5.98. The van der Waals surface area contributed by atoms with Crippen LogP contribution in [-0.2, 0) is 4.74 Å². The summed E-state index contributed by atoms with van der Waals surface area (Å²) in [6, 6.07) is 0. The van der Waals surface area contributed by atoms with Crippen molar-refractivity contribution >= 4 is 0 Å². The highest BCUT2D eigenvalue weighted by atomic mass is 16.5. The molecule has 1 aliphatic heterocycles. The van der Waals surface area contributed by atoms with E-state index in [0.717, 1.165) is 12.1 Å². The summed E-state index contributed by atoms with van der Waals surface area (Å²) in [6.45, 7) is 8.75. The van der Waals surface area contributed by atoms with Crippen LogP contribution < -0.4 is 5.32 Å². The summed E-state index contributed by atoms with van der Waals surface area (Å²) in [5.74, 6) is 0. The first-order valence-electron chi connectivity index (χ1n) is 3.24. The van der Waals surface area contributed by atoms with E-state index in [2.05, 4.69) is 18.8 Å². The zero-order chi connectivity index (χ0) is 6.85. The minimum absolute atomic E-state index is 0.0972. The monoisotopic (exact) mass is 127 g/mol. The molecule has 0 spiro atoms. The van der Waals surface area contributed by atoms with Crippen molar-refractivity contribution < 1.29 is 4.74 Å². The average Bonchev–Trinajstić information content (AvgIpc) is 2.14. The minimum Gasteiger partial charge on any atom is -0.355 e. The lowest BCUT2D eigenvalue weighted by Gasteiger charge is -2.08. The molecule has 2 nitrogen and oxygen atoms in total. The summed E-state index contributed by atoms with van der Waals surface area (Å²) >= 11 is 0. The summed E-state index contributed by atoms with van der Waals surface area (Å²) < 4.78 is 5.41. The van der Waals surface area contributed by atoms with Gasteiger partial charge in [-0.2, -0.15) is 0 Å². The number of rotatable bonds is 1. The van der Waals surface area contributed by atoms with Crippen LogP contribution in [0, 0.1) is 0 Å². The van der Waals surface area contributed by atoms with Crippen LogP contribution in [0.1, 0.15) is 13.8 Å². The largest absolute Gasteiger partial charge is 0.355 e. The van der Waals surface area contributed by atoms with Crippen LogP contribution in [0.2, 0.25) is 0 Å². The Morgan fingerprint density at radius 2 is 2.44 bits per heavy atom. The summed E-state index contributed by atoms with van der Waals surface area (Å²) in [6.07, 6.45) is 0.437. The third-order valence-electron chi connectivity index (χ3n) is 1.41. The van der Waals surface area contributed by atoms with E-state index in [1.165, 1.54) is 0 Å². The molecule has 1 fully saturated rings. The molecule has 2 unspecified atom stereocenters. The summed E-state index contributed by atoms with van der Waals surface area (Å²) in [7, 11) is 0. The second-order valence-corrected chi connectivity index (χ2v) is 2.58. The average molecular weight is 127 g/mol. The minimum atomic E-state index is 0.0972. The summed E-state index contributed by atoms with van der Waals surface area (Å²) in [5.41, 5.74) is 1.05. The Hall–Kier alpha value is -0.340. The van der Waals surface area contributed by atoms with Crippen LogP contribution in [0.3, 0.4) is 0 Å². The van der Waals surface area contributed by atoms with Crippen LogP contribution in [0.15, 0.2) is 12.2 Å². The number of hydrogen-bond donors (Lipinski definition) is 1. The van der Waals surface area contributed by atoms with E-state index in [0.29, 0.717) is 6.10 Å². The molecule has 0 saturated carbocycles. The van der Waals surface area contributed by atoms with Gasteiger partial charge in [0.2, 0.25) is 0 Å². The van der Waals surface area contributed by atoms with Crippen molar-refractivity contribution in [2.45, 2.75) is 26.2 Å². The first kappa shape index (κ1) is 6.78. The lowest BCUT2D eigenvalue weighted by molar-refractivity contribution is 0.0743. The van der Waals surface area contributed by atoms with Crippen molar-refractivity contribution in [3.05, 3.63) is 12.2 Å². The highest BCUT2D eigenvalue weighted by Gasteiger charge is 2.20. The SMILES string of the molecule is C=C(C)C1NCC(C)O1. The van der Waals surface area contributed by atoms with Crippen molar-refractivity contribution in [3.8, 4) is 0 Å². The van der Waals surface area contributed by atoms with Crippen molar-refractivity contribution in [1.82, 2.24) is 5.32 Å². The van der Waals surface area contributed by atoms with Crippen molar-refractivity contribution in [3.63, 3.8) is 0 Å². The number of ether oxygens (including phenoxy) is 1. The predicted octanol–water partition coefficient (Wildman–Crippen LogP) is 0.897. The van der Waals surface area contributed by atoms with E-state index in [9.17, 15) is 0 Å². The molecule has 1 N–H and O–H groups in total. The molecule has 0 aromatic carbocycles. The maximum absolute atomic E-state index is 5.41. The fraction of sp³-hybridized carbons (Fsp3) is 0.714. The van der Waals surface area contributed by atoms with Gasteiger partial charge in [0.1, 0.15) is 6.23 Å². The van der Waals surface area contributed by atoms with Gasteiger partial charge in [-0.3, -0.25) is 5.32 Å². The van der Waals surface area contributed by atoms with Crippen LogP contribution >= 0.6 is 0 Å². The van der Waals surface area contributed by atoms with E-state index in [1.54, 1.807) is 0 Å². The standard InChI is InChI=1S/C7H13NO/c1-5(2)7-8-4-6(3)9-7/h6-8H,1,4H2,2-3H3. The Bertz CT molecular complexity index is 122. The molecule has 1 aliphatic rings. The van der Waals surface area contributed by atoms with Crippen LogP contribution in [0.4, 0.5) is 0 Å². The highest BCUT2D eigenvalue weighted by Crippen LogP contribution is 2.09. The third kappa shape index (κ3) is 1.53. The Balaban J connectivity index is 2.39. The molecular weight excluding hydrogens is 114 g/mol. The maximum Gasteiger partial charge on any atom is 0.130 e. The molecule has 52 valence electrons. The van der Waals surface area contributed by atoms with Crippen molar-refractivity contribution in [2.24, 2.45) is 0 Å². The van der Waals surface area contributed by atoms with Gasteiger partial charge in [0.15, 0.2) is 0 Å². The lowest BCUT2D eigenvalue weighted by atomic mass is 10.3. The Labute approximate surface area is 55.9 Å². The first-order valence-corrected chi connectivity index (χ1v) is 3.24. The Kier molecular flexibility index (Phi) is 1.88.